The van der Waals surface area contributed by atoms with Crippen molar-refractivity contribution in [3.63, 3.8) is 0 Å². The predicted octanol–water partition coefficient (Wildman–Crippen LogP) is 23.0. The summed E-state index contributed by atoms with van der Waals surface area (Å²) in [5.41, 5.74) is 9.96. The van der Waals surface area contributed by atoms with E-state index in [1.54, 1.807) is 0 Å². The highest BCUT2D eigenvalue weighted by Gasteiger charge is 2.47. The van der Waals surface area contributed by atoms with Gasteiger partial charge < -0.3 is 0 Å². The van der Waals surface area contributed by atoms with Gasteiger partial charge in [-0.25, -0.2) is 0 Å². The van der Waals surface area contributed by atoms with Crippen molar-refractivity contribution in [1.29, 1.82) is 0 Å². The van der Waals surface area contributed by atoms with E-state index in [0.717, 1.165) is 46.3 Å². The molecular formula is C69H118. The van der Waals surface area contributed by atoms with Gasteiger partial charge in [0, 0.05) is 0 Å². The molecule has 394 valence electrons. The van der Waals surface area contributed by atoms with Crippen molar-refractivity contribution in [2.24, 2.45) is 46.3 Å². The van der Waals surface area contributed by atoms with Crippen LogP contribution in [0.15, 0.2) is 72.8 Å². The molecule has 2 bridgehead atoms. The van der Waals surface area contributed by atoms with E-state index in [1.165, 1.54) is 181 Å². The second-order valence-electron chi connectivity index (χ2n) is 25.5. The maximum Gasteiger partial charge on any atom is -0.0219 e. The van der Waals surface area contributed by atoms with Crippen molar-refractivity contribution in [2.45, 2.75) is 283 Å². The summed E-state index contributed by atoms with van der Waals surface area (Å²) in [6.07, 6.45) is 33.6. The van der Waals surface area contributed by atoms with Crippen molar-refractivity contribution < 1.29 is 0 Å². The second kappa shape index (κ2) is 34.1. The molecule has 5 aliphatic rings. The van der Waals surface area contributed by atoms with Gasteiger partial charge in [-0.15, -0.1) is 0 Å². The first-order chi connectivity index (χ1) is 32.7. The molecule has 8 rings (SSSR count). The highest BCUT2D eigenvalue weighted by atomic mass is 14.5. The molecular weight excluding hydrogens is 829 g/mol. The van der Waals surface area contributed by atoms with Gasteiger partial charge in [0.2, 0.25) is 0 Å². The SMILES string of the molecule is CC(C)C12CCC(C)(CC1)CC2.CC(C)C1CCCCC1.CCCCCC1CCC(C(C)C)CC1.CCCCCc1ccc(C(C)C)cc1.Cc1ccc(C(C)C)cc1.Cc1ccc(C(C)C)cc1. The van der Waals surface area contributed by atoms with Crippen LogP contribution in [0.2, 0.25) is 0 Å². The molecule has 0 spiro atoms. The third-order valence-corrected chi connectivity index (χ3v) is 17.8. The largest absolute Gasteiger partial charge is 0.0654 e. The monoisotopic (exact) mass is 947 g/mol. The van der Waals surface area contributed by atoms with Crippen LogP contribution in [0, 0.1) is 60.2 Å². The lowest BCUT2D eigenvalue weighted by molar-refractivity contribution is -0.0282. The standard InChI is InChI=1S/C14H28.C14H22.C12H22.2C10H14.C9H18/c2*1-4-5-6-7-13-8-10-14(11-9-13)12(2)3;1-10(2)12-7-4-11(3,5-8-12)6-9-12;2*1-8(2)10-6-4-9(3)5-7-10;1-8(2)9-6-4-3-5-7-9/h12-14H,4-11H2,1-3H3;8-12H,4-7H2,1-3H3;10H,4-9H2,1-3H3;2*4-8H,1-3H3;8-9H,3-7H2,1-2H3. The molecule has 5 saturated carbocycles. The molecule has 5 aliphatic carbocycles. The number of aryl methyl sites for hydroxylation is 3. The predicted molar refractivity (Wildman–Crippen MR) is 313 cm³/mol. The summed E-state index contributed by atoms with van der Waals surface area (Å²) < 4.78 is 0. The van der Waals surface area contributed by atoms with E-state index in [2.05, 4.69) is 190 Å². The lowest BCUT2D eigenvalue weighted by Crippen LogP contribution is -2.42. The summed E-state index contributed by atoms with van der Waals surface area (Å²) >= 11 is 0. The van der Waals surface area contributed by atoms with E-state index < -0.39 is 0 Å². The van der Waals surface area contributed by atoms with Gasteiger partial charge in [-0.3, -0.25) is 0 Å². The normalized spacial score (nSPS) is 22.1. The second-order valence-corrected chi connectivity index (χ2v) is 25.5. The molecule has 3 aromatic rings. The molecule has 0 heterocycles. The smallest absolute Gasteiger partial charge is 0.0219 e. The number of hydrogen-bond donors (Lipinski definition) is 0. The summed E-state index contributed by atoms with van der Waals surface area (Å²) in [5, 5.41) is 0. The number of fused-ring (bicyclic) bond motifs is 3. The van der Waals surface area contributed by atoms with Crippen molar-refractivity contribution in [2.75, 3.05) is 0 Å². The molecule has 0 saturated heterocycles. The third kappa shape index (κ3) is 25.2. The summed E-state index contributed by atoms with van der Waals surface area (Å²) in [5.74, 6) is 7.91. The Labute approximate surface area is 433 Å². The Morgan fingerprint density at radius 3 is 1.16 bits per heavy atom. The van der Waals surface area contributed by atoms with Crippen LogP contribution in [0.4, 0.5) is 0 Å². The minimum absolute atomic E-state index is 0.652. The highest BCUT2D eigenvalue weighted by molar-refractivity contribution is 5.25. The summed E-state index contributed by atoms with van der Waals surface area (Å²) in [6, 6.07) is 26.5. The zero-order chi connectivity index (χ0) is 51.4. The molecule has 0 aliphatic heterocycles. The maximum absolute atomic E-state index is 2.50. The first-order valence-electron chi connectivity index (χ1n) is 30.0. The topological polar surface area (TPSA) is 0 Å². The first kappa shape index (κ1) is 62.8. The summed E-state index contributed by atoms with van der Waals surface area (Å²) in [7, 11) is 0. The molecule has 0 radical (unpaired) electrons. The van der Waals surface area contributed by atoms with Crippen molar-refractivity contribution >= 4 is 0 Å². The van der Waals surface area contributed by atoms with E-state index in [4.69, 9.17) is 0 Å². The zero-order valence-electron chi connectivity index (χ0n) is 49.4. The number of rotatable bonds is 14. The summed E-state index contributed by atoms with van der Waals surface area (Å²) in [4.78, 5) is 0. The molecule has 5 fully saturated rings. The molecule has 0 N–H and O–H groups in total. The Balaban J connectivity index is 0.000000286. The number of benzene rings is 3. The van der Waals surface area contributed by atoms with Crippen molar-refractivity contribution in [1.82, 2.24) is 0 Å². The highest BCUT2D eigenvalue weighted by Crippen LogP contribution is 2.59. The van der Waals surface area contributed by atoms with Gasteiger partial charge in [-0.1, -0.05) is 271 Å². The van der Waals surface area contributed by atoms with Crippen LogP contribution in [0.1, 0.15) is 296 Å². The van der Waals surface area contributed by atoms with Crippen molar-refractivity contribution in [3.05, 3.63) is 106 Å². The van der Waals surface area contributed by atoms with Crippen LogP contribution in [0.3, 0.4) is 0 Å². The Bertz CT molecular complexity index is 1580. The third-order valence-electron chi connectivity index (χ3n) is 17.8. The van der Waals surface area contributed by atoms with Gasteiger partial charge in [0.25, 0.3) is 0 Å². The number of hydrogen-bond acceptors (Lipinski definition) is 0. The lowest BCUT2D eigenvalue weighted by Gasteiger charge is -2.54. The molecule has 3 aromatic carbocycles. The van der Waals surface area contributed by atoms with E-state index in [0.29, 0.717) is 17.8 Å². The Morgan fingerprint density at radius 1 is 0.435 bits per heavy atom. The fourth-order valence-corrected chi connectivity index (χ4v) is 11.4. The van der Waals surface area contributed by atoms with Crippen LogP contribution >= 0.6 is 0 Å². The van der Waals surface area contributed by atoms with Gasteiger partial charge in [0.05, 0.1) is 0 Å². The minimum Gasteiger partial charge on any atom is -0.0654 e. The van der Waals surface area contributed by atoms with E-state index in [-0.39, 0.29) is 0 Å². The quantitative estimate of drug-likeness (QED) is 0.141. The molecule has 69 heavy (non-hydrogen) atoms. The molecule has 0 unspecified atom stereocenters. The van der Waals surface area contributed by atoms with E-state index in [1.807, 2.05) is 0 Å². The average molecular weight is 948 g/mol. The summed E-state index contributed by atoms with van der Waals surface area (Å²) in [6.45, 7) is 39.0. The van der Waals surface area contributed by atoms with E-state index >= 15 is 0 Å². The Kier molecular flexibility index (Phi) is 31.1. The van der Waals surface area contributed by atoms with Crippen LogP contribution in [0.25, 0.3) is 0 Å². The lowest BCUT2D eigenvalue weighted by atomic mass is 9.51. The van der Waals surface area contributed by atoms with Gasteiger partial charge in [-0.2, -0.15) is 0 Å². The van der Waals surface area contributed by atoms with Gasteiger partial charge in [0.15, 0.2) is 0 Å². The molecule has 0 atom stereocenters. The molecule has 0 aromatic heterocycles. The van der Waals surface area contributed by atoms with Gasteiger partial charge in [0.1, 0.15) is 0 Å². The average Bonchev–Trinajstić information content (AvgIpc) is 3.34. The van der Waals surface area contributed by atoms with Crippen molar-refractivity contribution in [3.8, 4) is 0 Å². The zero-order valence-corrected chi connectivity index (χ0v) is 49.4. The van der Waals surface area contributed by atoms with Gasteiger partial charge in [-0.05, 0) is 164 Å². The molecule has 0 heteroatoms. The Hall–Kier alpha value is -2.34. The maximum atomic E-state index is 2.50. The van der Waals surface area contributed by atoms with Crippen LogP contribution in [-0.2, 0) is 6.42 Å². The van der Waals surface area contributed by atoms with Crippen LogP contribution in [-0.4, -0.2) is 0 Å². The van der Waals surface area contributed by atoms with E-state index in [9.17, 15) is 0 Å². The van der Waals surface area contributed by atoms with Crippen LogP contribution < -0.4 is 0 Å². The van der Waals surface area contributed by atoms with Crippen LogP contribution in [0.5, 0.6) is 0 Å². The number of unbranched alkanes of at least 4 members (excludes halogenated alkanes) is 4. The molecule has 0 nitrogen and oxygen atoms in total. The molecule has 0 amide bonds. The fraction of sp³-hybridized carbons (Fsp3) is 0.739. The fourth-order valence-electron chi connectivity index (χ4n) is 11.4. The van der Waals surface area contributed by atoms with Gasteiger partial charge >= 0.3 is 0 Å². The minimum atomic E-state index is 0.652. The Morgan fingerprint density at radius 2 is 0.812 bits per heavy atom. The first-order valence-corrected chi connectivity index (χ1v) is 30.0.